The van der Waals surface area contributed by atoms with Gasteiger partial charge in [0.1, 0.15) is 10.6 Å². The zero-order chi connectivity index (χ0) is 13.2. The van der Waals surface area contributed by atoms with E-state index >= 15 is 0 Å². The highest BCUT2D eigenvalue weighted by Gasteiger charge is 2.16. The van der Waals surface area contributed by atoms with Gasteiger partial charge in [-0.1, -0.05) is 36.4 Å². The second-order valence-electron chi connectivity index (χ2n) is 3.71. The first-order chi connectivity index (χ1) is 8.52. The number of hydrogen-bond acceptors (Lipinski definition) is 3. The third kappa shape index (κ3) is 2.52. The van der Waals surface area contributed by atoms with E-state index in [9.17, 15) is 8.42 Å². The first-order valence-corrected chi connectivity index (χ1v) is 6.67. The molecule has 0 aliphatic carbocycles. The van der Waals surface area contributed by atoms with E-state index in [2.05, 4.69) is 0 Å². The molecule has 0 aliphatic heterocycles. The van der Waals surface area contributed by atoms with E-state index < -0.39 is 10.1 Å². The predicted molar refractivity (Wildman–Crippen MR) is 68.2 cm³/mol. The second-order valence-corrected chi connectivity index (χ2v) is 5.10. The molecule has 1 N–H and O–H groups in total. The van der Waals surface area contributed by atoms with Crippen LogP contribution in [0.1, 0.15) is 0 Å². The number of benzene rings is 2. The third-order valence-corrected chi connectivity index (χ3v) is 3.44. The number of methoxy groups -OCH3 is 1. The Labute approximate surface area is 106 Å². The number of ether oxygens (including phenoxy) is 1. The molecule has 2 rings (SSSR count). The summed E-state index contributed by atoms with van der Waals surface area (Å²) in [6.07, 6.45) is 0. The van der Waals surface area contributed by atoms with Crippen LogP contribution in [0.5, 0.6) is 5.75 Å². The fourth-order valence-electron chi connectivity index (χ4n) is 1.69. The third-order valence-electron chi connectivity index (χ3n) is 2.55. The van der Waals surface area contributed by atoms with Crippen LogP contribution in [0, 0.1) is 0 Å². The van der Waals surface area contributed by atoms with Gasteiger partial charge in [-0.05, 0) is 23.3 Å². The molecule has 2 aromatic rings. The number of hydrogen-bond donors (Lipinski definition) is 1. The Morgan fingerprint density at radius 1 is 1.00 bits per heavy atom. The quantitative estimate of drug-likeness (QED) is 0.865. The van der Waals surface area contributed by atoms with Crippen LogP contribution >= 0.6 is 0 Å². The molecule has 2 aromatic carbocycles. The van der Waals surface area contributed by atoms with E-state index in [-0.39, 0.29) is 10.6 Å². The summed E-state index contributed by atoms with van der Waals surface area (Å²) in [6, 6.07) is 14.0. The molecule has 94 valence electrons. The van der Waals surface area contributed by atoms with Crippen LogP contribution in [-0.4, -0.2) is 20.1 Å². The summed E-state index contributed by atoms with van der Waals surface area (Å²) < 4.78 is 36.3. The minimum absolute atomic E-state index is 0.124. The minimum Gasteiger partial charge on any atom is -0.495 e. The molecule has 0 saturated carbocycles. The van der Waals surface area contributed by atoms with E-state index in [4.69, 9.17) is 9.29 Å². The predicted octanol–water partition coefficient (Wildman–Crippen LogP) is 2.61. The Bertz CT molecular complexity index is 648. The zero-order valence-electron chi connectivity index (χ0n) is 9.70. The molecule has 4 nitrogen and oxygen atoms in total. The molecule has 0 aromatic heterocycles. The average molecular weight is 264 g/mol. The molecule has 0 fully saturated rings. The topological polar surface area (TPSA) is 63.6 Å². The van der Waals surface area contributed by atoms with Crippen molar-refractivity contribution >= 4 is 10.1 Å². The first kappa shape index (κ1) is 12.6. The lowest BCUT2D eigenvalue weighted by Crippen LogP contribution is -2.01. The lowest BCUT2D eigenvalue weighted by molar-refractivity contribution is 0.398. The summed E-state index contributed by atoms with van der Waals surface area (Å²) in [7, 11) is -2.91. The van der Waals surface area contributed by atoms with Crippen LogP contribution in [0.25, 0.3) is 11.1 Å². The molecule has 5 heteroatoms. The smallest absolute Gasteiger partial charge is 0.298 e. The van der Waals surface area contributed by atoms with E-state index in [1.807, 2.05) is 30.3 Å². The lowest BCUT2D eigenvalue weighted by Gasteiger charge is -2.08. The summed E-state index contributed by atoms with van der Waals surface area (Å²) in [5.41, 5.74) is 1.76. The van der Waals surface area contributed by atoms with Crippen LogP contribution in [-0.2, 0) is 10.1 Å². The highest BCUT2D eigenvalue weighted by atomic mass is 32.2. The van der Waals surface area contributed by atoms with Gasteiger partial charge in [-0.3, -0.25) is 4.55 Å². The number of rotatable bonds is 3. The molecular weight excluding hydrogens is 252 g/mol. The largest absolute Gasteiger partial charge is 0.495 e. The maximum absolute atomic E-state index is 11.1. The highest BCUT2D eigenvalue weighted by Crippen LogP contribution is 2.29. The Morgan fingerprint density at radius 3 is 2.22 bits per heavy atom. The van der Waals surface area contributed by atoms with Crippen molar-refractivity contribution in [1.82, 2.24) is 0 Å². The van der Waals surface area contributed by atoms with Gasteiger partial charge in [-0.2, -0.15) is 8.42 Å². The molecule has 0 aliphatic rings. The van der Waals surface area contributed by atoms with Crippen molar-refractivity contribution in [1.29, 1.82) is 0 Å². The molecule has 0 saturated heterocycles. The summed E-state index contributed by atoms with van der Waals surface area (Å²) in [5, 5.41) is 0. The van der Waals surface area contributed by atoms with Crippen molar-refractivity contribution in [2.75, 3.05) is 7.11 Å². The Balaban J connectivity index is 2.56. The average Bonchev–Trinajstić information content (AvgIpc) is 2.38. The van der Waals surface area contributed by atoms with E-state index in [0.29, 0.717) is 0 Å². The van der Waals surface area contributed by atoms with Gasteiger partial charge in [0.05, 0.1) is 7.11 Å². The van der Waals surface area contributed by atoms with Crippen LogP contribution in [0.3, 0.4) is 0 Å². The normalized spacial score (nSPS) is 11.2. The first-order valence-electron chi connectivity index (χ1n) is 5.23. The molecule has 0 spiro atoms. The SMILES string of the molecule is COc1cc(-c2ccccc2)ccc1S(=O)(=O)O. The van der Waals surface area contributed by atoms with Gasteiger partial charge in [-0.15, -0.1) is 0 Å². The van der Waals surface area contributed by atoms with Crippen molar-refractivity contribution < 1.29 is 17.7 Å². The summed E-state index contributed by atoms with van der Waals surface area (Å²) >= 11 is 0. The highest BCUT2D eigenvalue weighted by molar-refractivity contribution is 7.86. The minimum atomic E-state index is -4.27. The van der Waals surface area contributed by atoms with Crippen molar-refractivity contribution in [2.24, 2.45) is 0 Å². The second kappa shape index (κ2) is 4.80. The van der Waals surface area contributed by atoms with E-state index in [1.54, 1.807) is 12.1 Å². The maximum Gasteiger partial charge on any atom is 0.298 e. The van der Waals surface area contributed by atoms with Crippen molar-refractivity contribution in [3.63, 3.8) is 0 Å². The van der Waals surface area contributed by atoms with Gasteiger partial charge in [-0.25, -0.2) is 0 Å². The van der Waals surface area contributed by atoms with Crippen LogP contribution in [0.15, 0.2) is 53.4 Å². The summed E-state index contributed by atoms with van der Waals surface area (Å²) in [5.74, 6) is 0.124. The van der Waals surface area contributed by atoms with Crippen molar-refractivity contribution in [3.8, 4) is 16.9 Å². The van der Waals surface area contributed by atoms with E-state index in [1.165, 1.54) is 13.2 Å². The fourth-order valence-corrected chi connectivity index (χ4v) is 2.33. The Hall–Kier alpha value is -1.85. The molecular formula is C13H12O4S. The van der Waals surface area contributed by atoms with Gasteiger partial charge in [0, 0.05) is 0 Å². The summed E-state index contributed by atoms with van der Waals surface area (Å²) in [4.78, 5) is -0.232. The fraction of sp³-hybridized carbons (Fsp3) is 0.0769. The summed E-state index contributed by atoms with van der Waals surface area (Å²) in [6.45, 7) is 0. The van der Waals surface area contributed by atoms with E-state index in [0.717, 1.165) is 11.1 Å². The van der Waals surface area contributed by atoms with Crippen molar-refractivity contribution in [2.45, 2.75) is 4.90 Å². The van der Waals surface area contributed by atoms with Gasteiger partial charge in [0.2, 0.25) is 0 Å². The van der Waals surface area contributed by atoms with Gasteiger partial charge in [0.25, 0.3) is 10.1 Å². The lowest BCUT2D eigenvalue weighted by atomic mass is 10.1. The molecule has 0 atom stereocenters. The maximum atomic E-state index is 11.1. The van der Waals surface area contributed by atoms with Crippen molar-refractivity contribution in [3.05, 3.63) is 48.5 Å². The Morgan fingerprint density at radius 2 is 1.67 bits per heavy atom. The van der Waals surface area contributed by atoms with Crippen LogP contribution < -0.4 is 4.74 Å². The standard InChI is InChI=1S/C13H12O4S/c1-17-12-9-11(10-5-3-2-4-6-10)7-8-13(12)18(14,15)16/h2-9H,1H3,(H,14,15,16). The van der Waals surface area contributed by atoms with Gasteiger partial charge >= 0.3 is 0 Å². The molecule has 0 amide bonds. The molecule has 18 heavy (non-hydrogen) atoms. The molecule has 0 bridgehead atoms. The monoisotopic (exact) mass is 264 g/mol. The molecule has 0 unspecified atom stereocenters. The van der Waals surface area contributed by atoms with Crippen LogP contribution in [0.2, 0.25) is 0 Å². The van der Waals surface area contributed by atoms with Gasteiger partial charge < -0.3 is 4.74 Å². The zero-order valence-corrected chi connectivity index (χ0v) is 10.5. The molecule has 0 heterocycles. The molecule has 0 radical (unpaired) electrons. The Kier molecular flexibility index (Phi) is 3.36. The van der Waals surface area contributed by atoms with Gasteiger partial charge in [0.15, 0.2) is 0 Å². The van der Waals surface area contributed by atoms with Crippen LogP contribution in [0.4, 0.5) is 0 Å².